The number of pyridine rings is 2. The lowest BCUT2D eigenvalue weighted by molar-refractivity contribution is 0.589. The van der Waals surface area contributed by atoms with Crippen molar-refractivity contribution in [3.8, 4) is 5.82 Å². The van der Waals surface area contributed by atoms with E-state index >= 15 is 0 Å². The first-order valence-corrected chi connectivity index (χ1v) is 6.94. The van der Waals surface area contributed by atoms with Crippen LogP contribution in [0.15, 0.2) is 53.9 Å². The predicted molar refractivity (Wildman–Crippen MR) is 86.0 cm³/mol. The van der Waals surface area contributed by atoms with Crippen LogP contribution >= 0.6 is 0 Å². The molecule has 0 aliphatic heterocycles. The number of aromatic nitrogens is 3. The Hall–Kier alpha value is -2.82. The fourth-order valence-electron chi connectivity index (χ4n) is 2.22. The average molecular weight is 294 g/mol. The van der Waals surface area contributed by atoms with Crippen LogP contribution in [0.3, 0.4) is 0 Å². The molecule has 3 aromatic rings. The largest absolute Gasteiger partial charge is 0.300 e. The summed E-state index contributed by atoms with van der Waals surface area (Å²) >= 11 is 0. The van der Waals surface area contributed by atoms with Crippen molar-refractivity contribution in [3.63, 3.8) is 0 Å². The van der Waals surface area contributed by atoms with Crippen LogP contribution in [-0.4, -0.2) is 20.7 Å². The third-order valence-corrected chi connectivity index (χ3v) is 3.34. The molecule has 0 spiro atoms. The second-order valence-electron chi connectivity index (χ2n) is 4.88. The van der Waals surface area contributed by atoms with E-state index in [0.717, 1.165) is 16.6 Å². The highest BCUT2D eigenvalue weighted by Gasteiger charge is 2.08. The zero-order chi connectivity index (χ0) is 15.5. The third kappa shape index (κ3) is 2.65. The number of rotatable bonds is 3. The molecule has 0 amide bonds. The summed E-state index contributed by atoms with van der Waals surface area (Å²) in [6.45, 7) is 3.92. The highest BCUT2D eigenvalue weighted by molar-refractivity contribution is 5.82. The molecule has 0 atom stereocenters. The number of hydrogen-bond donors (Lipinski definition) is 0. The Morgan fingerprint density at radius 1 is 1.27 bits per heavy atom. The molecular formula is C17H15FN4. The van der Waals surface area contributed by atoms with Crippen molar-refractivity contribution >= 4 is 17.1 Å². The van der Waals surface area contributed by atoms with Crippen LogP contribution in [0.1, 0.15) is 18.2 Å². The van der Waals surface area contributed by atoms with Gasteiger partial charge in [-0.25, -0.2) is 9.97 Å². The maximum absolute atomic E-state index is 13.3. The van der Waals surface area contributed by atoms with Crippen molar-refractivity contribution in [1.82, 2.24) is 14.5 Å². The fourth-order valence-corrected chi connectivity index (χ4v) is 2.22. The van der Waals surface area contributed by atoms with E-state index in [2.05, 4.69) is 15.0 Å². The second-order valence-corrected chi connectivity index (χ2v) is 4.88. The molecule has 0 unspecified atom stereocenters. The van der Waals surface area contributed by atoms with E-state index < -0.39 is 5.95 Å². The van der Waals surface area contributed by atoms with E-state index in [9.17, 15) is 4.39 Å². The summed E-state index contributed by atoms with van der Waals surface area (Å²) in [7, 11) is 0. The molecule has 5 heteroatoms. The number of allylic oxidation sites excluding steroid dienone is 1. The van der Waals surface area contributed by atoms with Gasteiger partial charge in [0.2, 0.25) is 5.95 Å². The molecule has 0 saturated carbocycles. The highest BCUT2D eigenvalue weighted by Crippen LogP contribution is 2.18. The molecule has 0 radical (unpaired) electrons. The van der Waals surface area contributed by atoms with Gasteiger partial charge >= 0.3 is 0 Å². The van der Waals surface area contributed by atoms with Crippen LogP contribution in [0.2, 0.25) is 0 Å². The molecular weight excluding hydrogens is 279 g/mol. The van der Waals surface area contributed by atoms with Gasteiger partial charge in [-0.3, -0.25) is 9.56 Å². The van der Waals surface area contributed by atoms with Crippen LogP contribution in [0.4, 0.5) is 4.39 Å². The maximum atomic E-state index is 13.3. The van der Waals surface area contributed by atoms with Gasteiger partial charge in [-0.2, -0.15) is 4.39 Å². The first-order chi connectivity index (χ1) is 10.7. The smallest absolute Gasteiger partial charge is 0.213 e. The van der Waals surface area contributed by atoms with Gasteiger partial charge in [0, 0.05) is 30.0 Å². The summed E-state index contributed by atoms with van der Waals surface area (Å²) in [6, 6.07) is 6.76. The number of hydrogen-bond acceptors (Lipinski definition) is 3. The Balaban J connectivity index is 2.11. The van der Waals surface area contributed by atoms with Crippen molar-refractivity contribution < 1.29 is 4.39 Å². The number of aliphatic imine (C=N–C) groups is 1. The molecule has 0 aliphatic carbocycles. The van der Waals surface area contributed by atoms with Gasteiger partial charge in [0.15, 0.2) is 0 Å². The fraction of sp³-hybridized carbons (Fsp3) is 0.118. The van der Waals surface area contributed by atoms with Gasteiger partial charge in [-0.05, 0) is 37.6 Å². The second kappa shape index (κ2) is 5.89. The first-order valence-electron chi connectivity index (χ1n) is 6.94. The maximum Gasteiger partial charge on any atom is 0.213 e. The number of aryl methyl sites for hydroxylation is 1. The molecule has 22 heavy (non-hydrogen) atoms. The molecule has 0 bridgehead atoms. The minimum atomic E-state index is -0.497. The first kappa shape index (κ1) is 14.1. The molecule has 4 nitrogen and oxygen atoms in total. The summed E-state index contributed by atoms with van der Waals surface area (Å²) in [6.07, 6.45) is 8.97. The van der Waals surface area contributed by atoms with Crippen LogP contribution in [0.5, 0.6) is 0 Å². The Morgan fingerprint density at radius 2 is 2.14 bits per heavy atom. The summed E-state index contributed by atoms with van der Waals surface area (Å²) in [5.41, 5.74) is 2.59. The topological polar surface area (TPSA) is 43.1 Å². The minimum Gasteiger partial charge on any atom is -0.300 e. The molecule has 0 aromatic carbocycles. The minimum absolute atomic E-state index is 0.497. The average Bonchev–Trinajstić information content (AvgIpc) is 2.88. The van der Waals surface area contributed by atoms with E-state index in [1.165, 1.54) is 6.07 Å². The van der Waals surface area contributed by atoms with E-state index in [1.807, 2.05) is 36.8 Å². The standard InChI is InChI=1S/C17H15FN4/c1-3-7-19-11-15-12(2)6-8-22(15)17-9-14-13(10-20-17)4-5-16(18)21-14/h3-11H,1-2H3/b7-3-,19-11?. The van der Waals surface area contributed by atoms with Crippen molar-refractivity contribution in [2.45, 2.75) is 13.8 Å². The summed E-state index contributed by atoms with van der Waals surface area (Å²) in [5, 5.41) is 0.804. The van der Waals surface area contributed by atoms with Gasteiger partial charge in [-0.15, -0.1) is 0 Å². The SMILES string of the molecule is C/C=C\N=Cc1c(C)ccn1-c1cc2nc(F)ccc2cn1. The van der Waals surface area contributed by atoms with E-state index in [0.29, 0.717) is 11.3 Å². The van der Waals surface area contributed by atoms with Gasteiger partial charge < -0.3 is 0 Å². The Labute approximate surface area is 127 Å². The number of halogens is 1. The zero-order valence-electron chi connectivity index (χ0n) is 12.4. The monoisotopic (exact) mass is 294 g/mol. The van der Waals surface area contributed by atoms with Gasteiger partial charge in [0.1, 0.15) is 5.82 Å². The van der Waals surface area contributed by atoms with Crippen molar-refractivity contribution in [2.24, 2.45) is 4.99 Å². The van der Waals surface area contributed by atoms with Crippen molar-refractivity contribution in [3.05, 3.63) is 66.1 Å². The Kier molecular flexibility index (Phi) is 3.78. The van der Waals surface area contributed by atoms with E-state index in [-0.39, 0.29) is 0 Å². The summed E-state index contributed by atoms with van der Waals surface area (Å²) in [4.78, 5) is 12.6. The molecule has 0 aliphatic rings. The Morgan fingerprint density at radius 3 is 2.95 bits per heavy atom. The molecule has 0 fully saturated rings. The van der Waals surface area contributed by atoms with Crippen molar-refractivity contribution in [2.75, 3.05) is 0 Å². The molecule has 3 rings (SSSR count). The predicted octanol–water partition coefficient (Wildman–Crippen LogP) is 3.82. The van der Waals surface area contributed by atoms with Crippen LogP contribution in [-0.2, 0) is 0 Å². The zero-order valence-corrected chi connectivity index (χ0v) is 12.4. The van der Waals surface area contributed by atoms with E-state index in [4.69, 9.17) is 0 Å². The number of fused-ring (bicyclic) bond motifs is 1. The lowest BCUT2D eigenvalue weighted by atomic mass is 10.2. The lowest BCUT2D eigenvalue weighted by Crippen LogP contribution is -2.02. The van der Waals surface area contributed by atoms with Crippen molar-refractivity contribution in [1.29, 1.82) is 0 Å². The molecule has 3 heterocycles. The van der Waals surface area contributed by atoms with Gasteiger partial charge in [-0.1, -0.05) is 6.08 Å². The van der Waals surface area contributed by atoms with Crippen LogP contribution < -0.4 is 0 Å². The molecule has 3 aromatic heterocycles. The van der Waals surface area contributed by atoms with Gasteiger partial charge in [0.05, 0.1) is 17.4 Å². The lowest BCUT2D eigenvalue weighted by Gasteiger charge is -2.07. The van der Waals surface area contributed by atoms with Crippen LogP contribution in [0, 0.1) is 12.9 Å². The third-order valence-electron chi connectivity index (χ3n) is 3.34. The Bertz CT molecular complexity index is 877. The number of nitrogens with zero attached hydrogens (tertiary/aromatic N) is 4. The molecule has 110 valence electrons. The molecule has 0 saturated heterocycles. The summed E-state index contributed by atoms with van der Waals surface area (Å²) in [5.74, 6) is 0.184. The van der Waals surface area contributed by atoms with E-state index in [1.54, 1.807) is 30.7 Å². The quantitative estimate of drug-likeness (QED) is 0.544. The highest BCUT2D eigenvalue weighted by atomic mass is 19.1. The molecule has 0 N–H and O–H groups in total. The normalized spacial score (nSPS) is 12.0. The van der Waals surface area contributed by atoms with Crippen LogP contribution in [0.25, 0.3) is 16.7 Å². The van der Waals surface area contributed by atoms with Gasteiger partial charge in [0.25, 0.3) is 0 Å². The summed E-state index contributed by atoms with van der Waals surface area (Å²) < 4.78 is 15.2.